The fraction of sp³-hybridized carbons (Fsp3) is 0.357. The molecule has 0 aliphatic carbocycles. The van der Waals surface area contributed by atoms with Crippen LogP contribution in [0.2, 0.25) is 0 Å². The monoisotopic (exact) mass is 245 g/mol. The van der Waals surface area contributed by atoms with Gasteiger partial charge < -0.3 is 16.0 Å². The largest absolute Gasteiger partial charge is 0.361 e. The van der Waals surface area contributed by atoms with Crippen molar-refractivity contribution in [3.8, 4) is 0 Å². The van der Waals surface area contributed by atoms with Crippen molar-refractivity contribution in [3.63, 3.8) is 0 Å². The SMILES string of the molecule is CC(C)C(CN)NC(=O)c1ccc2cc[nH]c2c1. The molecule has 0 saturated heterocycles. The molecule has 1 amide bonds. The summed E-state index contributed by atoms with van der Waals surface area (Å²) in [5.41, 5.74) is 7.28. The lowest BCUT2D eigenvalue weighted by atomic mass is 10.0. The number of rotatable bonds is 4. The maximum absolute atomic E-state index is 12.1. The average Bonchev–Trinajstić information content (AvgIpc) is 2.82. The van der Waals surface area contributed by atoms with Gasteiger partial charge in [-0.05, 0) is 29.5 Å². The molecule has 0 spiro atoms. The van der Waals surface area contributed by atoms with Crippen LogP contribution < -0.4 is 11.1 Å². The molecule has 18 heavy (non-hydrogen) atoms. The number of carbonyl (C=O) groups is 1. The highest BCUT2D eigenvalue weighted by Gasteiger charge is 2.15. The van der Waals surface area contributed by atoms with Crippen molar-refractivity contribution < 1.29 is 4.79 Å². The number of hydrogen-bond acceptors (Lipinski definition) is 2. The molecule has 1 aromatic carbocycles. The molecule has 0 aliphatic heterocycles. The van der Waals surface area contributed by atoms with Crippen molar-refractivity contribution in [2.45, 2.75) is 19.9 Å². The lowest BCUT2D eigenvalue weighted by Gasteiger charge is -2.20. The van der Waals surface area contributed by atoms with Gasteiger partial charge in [-0.15, -0.1) is 0 Å². The highest BCUT2D eigenvalue weighted by atomic mass is 16.1. The first-order valence-electron chi connectivity index (χ1n) is 6.20. The Balaban J connectivity index is 2.17. The van der Waals surface area contributed by atoms with Gasteiger partial charge in [0.15, 0.2) is 0 Å². The van der Waals surface area contributed by atoms with Gasteiger partial charge in [0.2, 0.25) is 0 Å². The van der Waals surface area contributed by atoms with Crippen LogP contribution in [-0.2, 0) is 0 Å². The molecule has 4 N–H and O–H groups in total. The van der Waals surface area contributed by atoms with Crippen molar-refractivity contribution >= 4 is 16.8 Å². The van der Waals surface area contributed by atoms with Gasteiger partial charge in [0.05, 0.1) is 0 Å². The number of aromatic amines is 1. The summed E-state index contributed by atoms with van der Waals surface area (Å²) < 4.78 is 0. The first-order chi connectivity index (χ1) is 8.61. The van der Waals surface area contributed by atoms with E-state index in [1.807, 2.05) is 44.3 Å². The topological polar surface area (TPSA) is 70.9 Å². The second kappa shape index (κ2) is 5.23. The van der Waals surface area contributed by atoms with Crippen molar-refractivity contribution in [2.75, 3.05) is 6.54 Å². The van der Waals surface area contributed by atoms with E-state index in [0.29, 0.717) is 18.0 Å². The molecule has 1 heterocycles. The van der Waals surface area contributed by atoms with Crippen LogP contribution in [0.3, 0.4) is 0 Å². The Kier molecular flexibility index (Phi) is 3.67. The summed E-state index contributed by atoms with van der Waals surface area (Å²) in [6.07, 6.45) is 1.86. The molecule has 1 atom stereocenters. The molecule has 4 nitrogen and oxygen atoms in total. The molecule has 0 radical (unpaired) electrons. The van der Waals surface area contributed by atoms with Crippen molar-refractivity contribution in [1.82, 2.24) is 10.3 Å². The highest BCUT2D eigenvalue weighted by molar-refractivity contribution is 5.98. The summed E-state index contributed by atoms with van der Waals surface area (Å²) in [6.45, 7) is 4.55. The molecule has 96 valence electrons. The van der Waals surface area contributed by atoms with Crippen LogP contribution in [0.4, 0.5) is 0 Å². The maximum Gasteiger partial charge on any atom is 0.251 e. The smallest absolute Gasteiger partial charge is 0.251 e. The second-order valence-corrected chi connectivity index (χ2v) is 4.84. The van der Waals surface area contributed by atoms with Gasteiger partial charge in [-0.1, -0.05) is 19.9 Å². The van der Waals surface area contributed by atoms with E-state index in [0.717, 1.165) is 10.9 Å². The molecule has 0 saturated carbocycles. The molecule has 1 unspecified atom stereocenters. The van der Waals surface area contributed by atoms with Crippen LogP contribution in [0.15, 0.2) is 30.5 Å². The Bertz CT molecular complexity index is 545. The normalized spacial score (nSPS) is 12.9. The van der Waals surface area contributed by atoms with E-state index in [1.165, 1.54) is 0 Å². The Labute approximate surface area is 107 Å². The highest BCUT2D eigenvalue weighted by Crippen LogP contribution is 2.14. The fourth-order valence-electron chi connectivity index (χ4n) is 1.94. The number of H-pyrrole nitrogens is 1. The number of amides is 1. The zero-order valence-electron chi connectivity index (χ0n) is 10.7. The molecule has 2 rings (SSSR count). The third-order valence-electron chi connectivity index (χ3n) is 3.19. The number of fused-ring (bicyclic) bond motifs is 1. The van der Waals surface area contributed by atoms with Crippen molar-refractivity contribution in [1.29, 1.82) is 0 Å². The van der Waals surface area contributed by atoms with Crippen LogP contribution in [0.5, 0.6) is 0 Å². The molecule has 0 fully saturated rings. The summed E-state index contributed by atoms with van der Waals surface area (Å²) in [5, 5.41) is 4.06. The molecular weight excluding hydrogens is 226 g/mol. The van der Waals surface area contributed by atoms with Crippen LogP contribution in [0, 0.1) is 5.92 Å². The molecule has 0 aliphatic rings. The number of carbonyl (C=O) groups excluding carboxylic acids is 1. The zero-order valence-corrected chi connectivity index (χ0v) is 10.7. The van der Waals surface area contributed by atoms with E-state index in [-0.39, 0.29) is 11.9 Å². The van der Waals surface area contributed by atoms with Gasteiger partial charge in [0.25, 0.3) is 5.91 Å². The van der Waals surface area contributed by atoms with E-state index in [1.54, 1.807) is 0 Å². The molecule has 2 aromatic rings. The number of benzene rings is 1. The van der Waals surface area contributed by atoms with E-state index in [4.69, 9.17) is 5.73 Å². The number of aromatic nitrogens is 1. The summed E-state index contributed by atoms with van der Waals surface area (Å²) in [4.78, 5) is 15.2. The van der Waals surface area contributed by atoms with E-state index in [2.05, 4.69) is 10.3 Å². The Hall–Kier alpha value is -1.81. The molecular formula is C14H19N3O. The van der Waals surface area contributed by atoms with Gasteiger partial charge in [-0.2, -0.15) is 0 Å². The van der Waals surface area contributed by atoms with Crippen LogP contribution in [0.25, 0.3) is 10.9 Å². The van der Waals surface area contributed by atoms with Crippen LogP contribution >= 0.6 is 0 Å². The summed E-state index contributed by atoms with van der Waals surface area (Å²) in [5.74, 6) is 0.254. The third-order valence-corrected chi connectivity index (χ3v) is 3.19. The van der Waals surface area contributed by atoms with Gasteiger partial charge in [-0.25, -0.2) is 0 Å². The van der Waals surface area contributed by atoms with E-state index < -0.39 is 0 Å². The number of hydrogen-bond donors (Lipinski definition) is 3. The minimum Gasteiger partial charge on any atom is -0.361 e. The molecule has 4 heteroatoms. The number of nitrogens with two attached hydrogens (primary N) is 1. The summed E-state index contributed by atoms with van der Waals surface area (Å²) in [6, 6.07) is 7.62. The molecule has 0 bridgehead atoms. The lowest BCUT2D eigenvalue weighted by Crippen LogP contribution is -2.43. The van der Waals surface area contributed by atoms with Crippen molar-refractivity contribution in [2.24, 2.45) is 11.7 Å². The first-order valence-corrected chi connectivity index (χ1v) is 6.20. The van der Waals surface area contributed by atoms with Gasteiger partial charge in [0.1, 0.15) is 0 Å². The van der Waals surface area contributed by atoms with Crippen molar-refractivity contribution in [3.05, 3.63) is 36.0 Å². The number of nitrogens with one attached hydrogen (secondary N) is 2. The summed E-state index contributed by atoms with van der Waals surface area (Å²) >= 11 is 0. The van der Waals surface area contributed by atoms with E-state index >= 15 is 0 Å². The van der Waals surface area contributed by atoms with Crippen LogP contribution in [0.1, 0.15) is 24.2 Å². The zero-order chi connectivity index (χ0) is 13.1. The molecule has 1 aromatic heterocycles. The Morgan fingerprint density at radius 1 is 1.39 bits per heavy atom. The quantitative estimate of drug-likeness (QED) is 0.769. The van der Waals surface area contributed by atoms with Crippen LogP contribution in [-0.4, -0.2) is 23.5 Å². The fourth-order valence-corrected chi connectivity index (χ4v) is 1.94. The van der Waals surface area contributed by atoms with Gasteiger partial charge in [0, 0.05) is 29.9 Å². The lowest BCUT2D eigenvalue weighted by molar-refractivity contribution is 0.0928. The minimum atomic E-state index is -0.0735. The Morgan fingerprint density at radius 2 is 2.17 bits per heavy atom. The predicted octanol–water partition coefficient (Wildman–Crippen LogP) is 1.88. The van der Waals surface area contributed by atoms with Gasteiger partial charge in [-0.3, -0.25) is 4.79 Å². The van der Waals surface area contributed by atoms with E-state index in [9.17, 15) is 4.79 Å². The minimum absolute atomic E-state index is 0.0110. The first kappa shape index (κ1) is 12.6. The Morgan fingerprint density at radius 3 is 2.83 bits per heavy atom. The maximum atomic E-state index is 12.1. The third kappa shape index (κ3) is 2.54. The standard InChI is InChI=1S/C14H19N3O/c1-9(2)13(8-15)17-14(18)11-4-3-10-5-6-16-12(10)7-11/h3-7,9,13,16H,8,15H2,1-2H3,(H,17,18). The second-order valence-electron chi connectivity index (χ2n) is 4.84. The summed E-state index contributed by atoms with van der Waals surface area (Å²) in [7, 11) is 0. The predicted molar refractivity (Wildman–Crippen MR) is 73.4 cm³/mol. The average molecular weight is 245 g/mol. The van der Waals surface area contributed by atoms with Gasteiger partial charge >= 0.3 is 0 Å².